The molecule has 4 rings (SSSR count). The average molecular weight is 481 g/mol. The number of ether oxygens (including phenoxy) is 6. The maximum absolute atomic E-state index is 12.8. The Morgan fingerprint density at radius 1 is 1.00 bits per heavy atom. The van der Waals surface area contributed by atoms with Crippen molar-refractivity contribution in [2.45, 2.75) is 97.3 Å². The van der Waals surface area contributed by atoms with Crippen LogP contribution < -0.4 is 0 Å². The summed E-state index contributed by atoms with van der Waals surface area (Å²) in [4.78, 5) is 48.0. The molecule has 3 saturated heterocycles. The van der Waals surface area contributed by atoms with E-state index in [1.54, 1.807) is 6.08 Å². The monoisotopic (exact) mass is 480 g/mol. The fourth-order valence-electron chi connectivity index (χ4n) is 5.94. The Morgan fingerprint density at radius 3 is 2.32 bits per heavy atom. The Labute approximate surface area is 198 Å². The molecule has 3 heterocycles. The smallest absolute Gasteiger partial charge is 0.336 e. The van der Waals surface area contributed by atoms with Crippen LogP contribution in [0.25, 0.3) is 0 Å². The molecule has 0 aromatic rings. The molecule has 0 spiro atoms. The van der Waals surface area contributed by atoms with Gasteiger partial charge in [0.05, 0.1) is 11.8 Å². The van der Waals surface area contributed by atoms with Gasteiger partial charge in [0.2, 0.25) is 12.6 Å². The van der Waals surface area contributed by atoms with Gasteiger partial charge in [-0.05, 0) is 31.1 Å². The number of hydrogen-bond acceptors (Lipinski definition) is 10. The van der Waals surface area contributed by atoms with Gasteiger partial charge in [-0.1, -0.05) is 19.9 Å². The van der Waals surface area contributed by atoms with Crippen LogP contribution in [0.5, 0.6) is 0 Å². The number of esters is 4. The molecule has 4 fully saturated rings. The number of rotatable bonds is 5. The summed E-state index contributed by atoms with van der Waals surface area (Å²) >= 11 is 0. The van der Waals surface area contributed by atoms with E-state index < -0.39 is 60.3 Å². The number of fused-ring (bicyclic) bond motifs is 3. The highest BCUT2D eigenvalue weighted by Crippen LogP contribution is 2.52. The second kappa shape index (κ2) is 8.96. The van der Waals surface area contributed by atoms with Crippen LogP contribution in [-0.2, 0) is 47.6 Å². The molecule has 7 atom stereocenters. The molecule has 0 aromatic heterocycles. The predicted octanol–water partition coefficient (Wildman–Crippen LogP) is 2.53. The molecule has 0 unspecified atom stereocenters. The summed E-state index contributed by atoms with van der Waals surface area (Å²) in [6.45, 7) is 8.13. The standard InChI is InChI=1S/C24H32O10/c1-12(25)29-18-17-16-15(7-10-24(34-14(3)27)9-6-8-23(4,5)11-24)19(28)31-20(16)32-21(17)33-22(18)30-13(2)26/h7,16-18,20-22H,6,8-11H2,1-5H3/b15-7+/t16-,17-,18-,20+,21-,22-,24+/m0/s1. The van der Waals surface area contributed by atoms with E-state index in [2.05, 4.69) is 13.8 Å². The molecule has 0 bridgehead atoms. The minimum absolute atomic E-state index is 0.0105. The molecular weight excluding hydrogens is 448 g/mol. The van der Waals surface area contributed by atoms with Crippen molar-refractivity contribution in [3.63, 3.8) is 0 Å². The Kier molecular flexibility index (Phi) is 6.50. The highest BCUT2D eigenvalue weighted by atomic mass is 16.8. The van der Waals surface area contributed by atoms with Crippen LogP contribution in [0.1, 0.15) is 66.7 Å². The topological polar surface area (TPSA) is 124 Å². The summed E-state index contributed by atoms with van der Waals surface area (Å²) in [6.07, 6.45) is 1.49. The van der Waals surface area contributed by atoms with Crippen LogP contribution >= 0.6 is 0 Å². The van der Waals surface area contributed by atoms with E-state index in [1.165, 1.54) is 20.8 Å². The Balaban J connectivity index is 1.62. The second-order valence-corrected chi connectivity index (χ2v) is 10.4. The van der Waals surface area contributed by atoms with Gasteiger partial charge in [-0.25, -0.2) is 4.79 Å². The van der Waals surface area contributed by atoms with Gasteiger partial charge in [0.1, 0.15) is 5.60 Å². The molecule has 188 valence electrons. The van der Waals surface area contributed by atoms with Crippen LogP contribution in [0.15, 0.2) is 11.6 Å². The highest BCUT2D eigenvalue weighted by Gasteiger charge is 2.64. The normalized spacial score (nSPS) is 39.2. The quantitative estimate of drug-likeness (QED) is 0.329. The van der Waals surface area contributed by atoms with Crippen molar-refractivity contribution in [1.29, 1.82) is 0 Å². The van der Waals surface area contributed by atoms with Crippen molar-refractivity contribution in [2.24, 2.45) is 17.3 Å². The van der Waals surface area contributed by atoms with Crippen LogP contribution in [0.2, 0.25) is 0 Å². The van der Waals surface area contributed by atoms with E-state index in [4.69, 9.17) is 28.4 Å². The Bertz CT molecular complexity index is 907. The molecule has 4 aliphatic rings. The maximum atomic E-state index is 12.8. The minimum atomic E-state index is -1.15. The lowest BCUT2D eigenvalue weighted by Crippen LogP contribution is -2.42. The molecule has 0 amide bonds. The van der Waals surface area contributed by atoms with Crippen molar-refractivity contribution < 1.29 is 47.6 Å². The Hall–Kier alpha value is -2.46. The van der Waals surface area contributed by atoms with E-state index in [0.29, 0.717) is 24.8 Å². The first-order valence-electron chi connectivity index (χ1n) is 11.7. The lowest BCUT2D eigenvalue weighted by Gasteiger charge is -2.44. The summed E-state index contributed by atoms with van der Waals surface area (Å²) in [6, 6.07) is 0. The van der Waals surface area contributed by atoms with E-state index in [-0.39, 0.29) is 11.4 Å². The van der Waals surface area contributed by atoms with Crippen molar-refractivity contribution in [1.82, 2.24) is 0 Å². The van der Waals surface area contributed by atoms with Crippen molar-refractivity contribution >= 4 is 23.9 Å². The van der Waals surface area contributed by atoms with Gasteiger partial charge in [0.15, 0.2) is 12.4 Å². The minimum Gasteiger partial charge on any atom is -0.459 e. The zero-order valence-electron chi connectivity index (χ0n) is 20.2. The third-order valence-corrected chi connectivity index (χ3v) is 6.95. The Morgan fingerprint density at radius 2 is 1.71 bits per heavy atom. The van der Waals surface area contributed by atoms with Crippen LogP contribution in [0, 0.1) is 17.3 Å². The number of carbonyl (C=O) groups is 4. The SMILES string of the molecule is CC(=O)O[C@H]1O[C@@H]2O[C@H]3OC(=O)/C(=C/C[C@]4(OC(C)=O)CCCC(C)(C)C4)[C@H]3[C@H]2[C@@H]1OC(C)=O. The van der Waals surface area contributed by atoms with Crippen molar-refractivity contribution in [3.8, 4) is 0 Å². The summed E-state index contributed by atoms with van der Waals surface area (Å²) in [5.41, 5.74) is -0.375. The van der Waals surface area contributed by atoms with Gasteiger partial charge >= 0.3 is 23.9 Å². The van der Waals surface area contributed by atoms with Crippen LogP contribution in [0.3, 0.4) is 0 Å². The molecule has 1 aliphatic carbocycles. The van der Waals surface area contributed by atoms with Gasteiger partial charge in [-0.3, -0.25) is 14.4 Å². The predicted molar refractivity (Wildman–Crippen MR) is 113 cm³/mol. The molecule has 0 radical (unpaired) electrons. The van der Waals surface area contributed by atoms with E-state index >= 15 is 0 Å². The fraction of sp³-hybridized carbons (Fsp3) is 0.750. The molecule has 10 heteroatoms. The fourth-order valence-corrected chi connectivity index (χ4v) is 5.94. The highest BCUT2D eigenvalue weighted by molar-refractivity contribution is 5.91. The lowest BCUT2D eigenvalue weighted by molar-refractivity contribution is -0.244. The second-order valence-electron chi connectivity index (χ2n) is 10.4. The molecule has 10 nitrogen and oxygen atoms in total. The van der Waals surface area contributed by atoms with Gasteiger partial charge in [-0.15, -0.1) is 0 Å². The van der Waals surface area contributed by atoms with Gasteiger partial charge in [0.25, 0.3) is 0 Å². The number of carbonyl (C=O) groups excluding carboxylic acids is 4. The molecular formula is C24H32O10. The lowest BCUT2D eigenvalue weighted by atomic mass is 9.68. The molecule has 0 aromatic carbocycles. The largest absolute Gasteiger partial charge is 0.459 e. The maximum Gasteiger partial charge on any atom is 0.336 e. The zero-order chi connectivity index (χ0) is 24.8. The van der Waals surface area contributed by atoms with E-state index in [9.17, 15) is 19.2 Å². The molecule has 34 heavy (non-hydrogen) atoms. The van der Waals surface area contributed by atoms with Crippen LogP contribution in [-0.4, -0.2) is 54.5 Å². The molecule has 0 N–H and O–H groups in total. The third kappa shape index (κ3) is 4.84. The average Bonchev–Trinajstić information content (AvgIpc) is 3.26. The summed E-state index contributed by atoms with van der Waals surface area (Å²) in [7, 11) is 0. The van der Waals surface area contributed by atoms with E-state index in [1.807, 2.05) is 0 Å². The molecule has 1 saturated carbocycles. The van der Waals surface area contributed by atoms with Crippen LogP contribution in [0.4, 0.5) is 0 Å². The molecule has 3 aliphatic heterocycles. The van der Waals surface area contributed by atoms with Gasteiger partial charge in [0, 0.05) is 32.8 Å². The summed E-state index contributed by atoms with van der Waals surface area (Å²) < 4.78 is 33.4. The first kappa shape index (κ1) is 24.7. The third-order valence-electron chi connectivity index (χ3n) is 6.95. The van der Waals surface area contributed by atoms with Crippen molar-refractivity contribution in [3.05, 3.63) is 11.6 Å². The number of hydrogen-bond donors (Lipinski definition) is 0. The van der Waals surface area contributed by atoms with E-state index in [0.717, 1.165) is 12.8 Å². The summed E-state index contributed by atoms with van der Waals surface area (Å²) in [5, 5.41) is 0. The van der Waals surface area contributed by atoms with Gasteiger partial charge in [-0.2, -0.15) is 0 Å². The first-order valence-corrected chi connectivity index (χ1v) is 11.7. The zero-order valence-corrected chi connectivity index (χ0v) is 20.2. The first-order chi connectivity index (χ1) is 15.9. The van der Waals surface area contributed by atoms with Gasteiger partial charge < -0.3 is 28.4 Å². The summed E-state index contributed by atoms with van der Waals surface area (Å²) in [5.74, 6) is -3.29. The van der Waals surface area contributed by atoms with Crippen molar-refractivity contribution in [2.75, 3.05) is 0 Å².